The predicted molar refractivity (Wildman–Crippen MR) is 89.2 cm³/mol. The Balaban J connectivity index is 1.52. The van der Waals surface area contributed by atoms with Gasteiger partial charge >= 0.3 is 0 Å². The van der Waals surface area contributed by atoms with Crippen molar-refractivity contribution < 1.29 is 13.2 Å². The van der Waals surface area contributed by atoms with Crippen LogP contribution in [0.15, 0.2) is 35.9 Å². The lowest BCUT2D eigenvalue weighted by Crippen LogP contribution is -2.39. The Morgan fingerprint density at radius 3 is 2.60 bits per heavy atom. The van der Waals surface area contributed by atoms with Gasteiger partial charge in [0, 0.05) is 31.5 Å². The number of aryl methyl sites for hydroxylation is 1. The molecule has 25 heavy (non-hydrogen) atoms. The maximum absolute atomic E-state index is 12.3. The molecule has 2 aromatic rings. The molecule has 8 nitrogen and oxygen atoms in total. The van der Waals surface area contributed by atoms with Crippen molar-refractivity contribution in [2.45, 2.75) is 42.9 Å². The highest BCUT2D eigenvalue weighted by molar-refractivity contribution is 7.89. The summed E-state index contributed by atoms with van der Waals surface area (Å²) < 4.78 is 34.7. The Morgan fingerprint density at radius 1 is 1.28 bits per heavy atom. The van der Waals surface area contributed by atoms with Crippen LogP contribution in [-0.4, -0.2) is 35.1 Å². The largest absolute Gasteiger partial charge is 0.474 e. The lowest BCUT2D eigenvalue weighted by Gasteiger charge is -2.28. The van der Waals surface area contributed by atoms with E-state index >= 15 is 0 Å². The van der Waals surface area contributed by atoms with Crippen LogP contribution in [0.4, 0.5) is 0 Å². The standard InChI is InChI=1S/C16H19N5O3S/c1-21-10-16(19-11-21)25(22,23)20-13-3-5-14(6-4-13)24-15-7-2-12(8-17)9-18-15/h2,7,9-11,13-14,20H,3-6H2,1H3. The van der Waals surface area contributed by atoms with Gasteiger partial charge in [-0.15, -0.1) is 0 Å². The van der Waals surface area contributed by atoms with Gasteiger partial charge in [0.2, 0.25) is 5.88 Å². The summed E-state index contributed by atoms with van der Waals surface area (Å²) in [6.45, 7) is 0. The van der Waals surface area contributed by atoms with Crippen molar-refractivity contribution in [3.8, 4) is 11.9 Å². The molecule has 0 unspecified atom stereocenters. The molecule has 0 aromatic carbocycles. The van der Waals surface area contributed by atoms with E-state index in [1.807, 2.05) is 6.07 Å². The van der Waals surface area contributed by atoms with Crippen molar-refractivity contribution in [3.63, 3.8) is 0 Å². The monoisotopic (exact) mass is 361 g/mol. The zero-order valence-electron chi connectivity index (χ0n) is 13.8. The van der Waals surface area contributed by atoms with Crippen LogP contribution >= 0.6 is 0 Å². The molecule has 9 heteroatoms. The third-order valence-corrected chi connectivity index (χ3v) is 5.51. The van der Waals surface area contributed by atoms with Gasteiger partial charge in [-0.2, -0.15) is 5.26 Å². The average Bonchev–Trinajstić information content (AvgIpc) is 3.05. The second-order valence-electron chi connectivity index (χ2n) is 6.09. The summed E-state index contributed by atoms with van der Waals surface area (Å²) in [6, 6.07) is 5.22. The van der Waals surface area contributed by atoms with E-state index in [1.165, 1.54) is 18.7 Å². The minimum atomic E-state index is -3.59. The third-order valence-electron chi connectivity index (χ3n) is 4.11. The molecule has 1 fully saturated rings. The maximum Gasteiger partial charge on any atom is 0.259 e. The van der Waals surface area contributed by atoms with Crippen LogP contribution in [0.3, 0.4) is 0 Å². The third kappa shape index (κ3) is 4.35. The molecule has 1 aliphatic carbocycles. The molecule has 0 amide bonds. The molecule has 1 saturated carbocycles. The van der Waals surface area contributed by atoms with Crippen molar-refractivity contribution in [1.29, 1.82) is 5.26 Å². The molecule has 3 rings (SSSR count). The molecule has 0 aliphatic heterocycles. The van der Waals surface area contributed by atoms with Crippen LogP contribution in [0.25, 0.3) is 0 Å². The van der Waals surface area contributed by atoms with Crippen LogP contribution in [0, 0.1) is 11.3 Å². The zero-order valence-corrected chi connectivity index (χ0v) is 14.6. The van der Waals surface area contributed by atoms with Crippen molar-refractivity contribution in [2.24, 2.45) is 7.05 Å². The first-order valence-corrected chi connectivity index (χ1v) is 9.48. The van der Waals surface area contributed by atoms with E-state index in [-0.39, 0.29) is 17.2 Å². The molecule has 0 radical (unpaired) electrons. The molecule has 0 bridgehead atoms. The number of aromatic nitrogens is 3. The topological polar surface area (TPSA) is 110 Å². The normalized spacial score (nSPS) is 20.8. The first-order valence-electron chi connectivity index (χ1n) is 7.99. The number of nitrogens with zero attached hydrogens (tertiary/aromatic N) is 4. The van der Waals surface area contributed by atoms with Gasteiger partial charge in [0.1, 0.15) is 12.2 Å². The molecule has 0 saturated heterocycles. The van der Waals surface area contributed by atoms with Crippen LogP contribution in [0.2, 0.25) is 0 Å². The van der Waals surface area contributed by atoms with Gasteiger partial charge < -0.3 is 9.30 Å². The first-order chi connectivity index (χ1) is 12.0. The van der Waals surface area contributed by atoms with Crippen LogP contribution in [0.5, 0.6) is 5.88 Å². The second kappa shape index (κ2) is 7.21. The van der Waals surface area contributed by atoms with Gasteiger partial charge in [-0.05, 0) is 31.7 Å². The second-order valence-corrected chi connectivity index (χ2v) is 7.75. The van der Waals surface area contributed by atoms with Gasteiger partial charge in [-0.1, -0.05) is 0 Å². The lowest BCUT2D eigenvalue weighted by molar-refractivity contribution is 0.138. The number of sulfonamides is 1. The number of hydrogen-bond acceptors (Lipinski definition) is 6. The first kappa shape index (κ1) is 17.4. The van der Waals surface area contributed by atoms with Crippen molar-refractivity contribution >= 4 is 10.0 Å². The molecule has 1 aliphatic rings. The summed E-state index contributed by atoms with van der Waals surface area (Å²) in [5.41, 5.74) is 0.486. The highest BCUT2D eigenvalue weighted by atomic mass is 32.2. The minimum absolute atomic E-state index is 0.00367. The highest BCUT2D eigenvalue weighted by Gasteiger charge is 2.27. The summed E-state index contributed by atoms with van der Waals surface area (Å²) in [4.78, 5) is 7.99. The van der Waals surface area contributed by atoms with E-state index in [0.717, 1.165) is 12.8 Å². The van der Waals surface area contributed by atoms with Crippen molar-refractivity contribution in [3.05, 3.63) is 36.4 Å². The number of nitriles is 1. The SMILES string of the molecule is Cn1cnc(S(=O)(=O)NC2CCC(Oc3ccc(C#N)cn3)CC2)c1. The fourth-order valence-corrected chi connectivity index (χ4v) is 4.08. The number of hydrogen-bond donors (Lipinski definition) is 1. The summed E-state index contributed by atoms with van der Waals surface area (Å²) in [5.74, 6) is 0.483. The molecular formula is C16H19N5O3S. The predicted octanol–water partition coefficient (Wildman–Crippen LogP) is 1.36. The fraction of sp³-hybridized carbons (Fsp3) is 0.438. The number of pyridine rings is 1. The lowest BCUT2D eigenvalue weighted by atomic mass is 9.94. The van der Waals surface area contributed by atoms with Gasteiger partial charge in [-0.3, -0.25) is 0 Å². The molecular weight excluding hydrogens is 342 g/mol. The van der Waals surface area contributed by atoms with E-state index in [0.29, 0.717) is 24.3 Å². The van der Waals surface area contributed by atoms with E-state index in [1.54, 1.807) is 23.7 Å². The highest BCUT2D eigenvalue weighted by Crippen LogP contribution is 2.24. The maximum atomic E-state index is 12.3. The fourth-order valence-electron chi connectivity index (χ4n) is 2.79. The summed E-state index contributed by atoms with van der Waals surface area (Å²) in [6.07, 6.45) is 7.25. The average molecular weight is 361 g/mol. The van der Waals surface area contributed by atoms with Gasteiger partial charge in [-0.25, -0.2) is 23.1 Å². The molecule has 0 spiro atoms. The van der Waals surface area contributed by atoms with Gasteiger partial charge in [0.25, 0.3) is 10.0 Å². The molecule has 2 heterocycles. The van der Waals surface area contributed by atoms with Crippen molar-refractivity contribution in [1.82, 2.24) is 19.3 Å². The van der Waals surface area contributed by atoms with E-state index in [2.05, 4.69) is 14.7 Å². The van der Waals surface area contributed by atoms with E-state index in [4.69, 9.17) is 10.00 Å². The Kier molecular flexibility index (Phi) is 5.01. The number of imidazole rings is 1. The summed E-state index contributed by atoms with van der Waals surface area (Å²) in [5, 5.41) is 8.80. The zero-order chi connectivity index (χ0) is 17.9. The molecule has 1 N–H and O–H groups in total. The molecule has 132 valence electrons. The van der Waals surface area contributed by atoms with Gasteiger partial charge in [0.05, 0.1) is 11.9 Å². The van der Waals surface area contributed by atoms with Crippen LogP contribution < -0.4 is 9.46 Å². The molecule has 2 aromatic heterocycles. The minimum Gasteiger partial charge on any atom is -0.474 e. The van der Waals surface area contributed by atoms with Crippen LogP contribution in [0.1, 0.15) is 31.2 Å². The smallest absolute Gasteiger partial charge is 0.259 e. The number of nitrogens with one attached hydrogen (secondary N) is 1. The Morgan fingerprint density at radius 2 is 2.04 bits per heavy atom. The summed E-state index contributed by atoms with van der Waals surface area (Å²) >= 11 is 0. The van der Waals surface area contributed by atoms with Crippen LogP contribution in [-0.2, 0) is 17.1 Å². The van der Waals surface area contributed by atoms with Crippen molar-refractivity contribution in [2.75, 3.05) is 0 Å². The number of rotatable bonds is 5. The summed E-state index contributed by atoms with van der Waals surface area (Å²) in [7, 11) is -1.86. The van der Waals surface area contributed by atoms with Gasteiger partial charge in [0.15, 0.2) is 5.03 Å². The quantitative estimate of drug-likeness (QED) is 0.861. The molecule has 0 atom stereocenters. The Hall–Kier alpha value is -2.44. The Labute approximate surface area is 146 Å². The number of ether oxygens (including phenoxy) is 1. The Bertz CT molecular complexity index is 862. The van der Waals surface area contributed by atoms with E-state index < -0.39 is 10.0 Å². The van der Waals surface area contributed by atoms with E-state index in [9.17, 15) is 8.42 Å².